The van der Waals surface area contributed by atoms with Crippen LogP contribution in [0.25, 0.3) is 0 Å². The van der Waals surface area contributed by atoms with Crippen LogP contribution in [0.4, 0.5) is 0 Å². The van der Waals surface area contributed by atoms with Gasteiger partial charge in [-0.15, -0.1) is 0 Å². The first-order valence-corrected chi connectivity index (χ1v) is 8.79. The Morgan fingerprint density at radius 3 is 1.80 bits per heavy atom. The molecule has 0 radical (unpaired) electrons. The van der Waals surface area contributed by atoms with Crippen LogP contribution in [0.2, 0.25) is 0 Å². The standard InChI is InChI=1S/C18H40N2/c1-7-9-11-13-17(14-12-10-8-2)19-15-18(3,4)16-20(5)6/h17,19H,7-16H2,1-6H3. The van der Waals surface area contributed by atoms with Gasteiger partial charge < -0.3 is 10.2 Å². The van der Waals surface area contributed by atoms with E-state index in [0.717, 1.165) is 19.1 Å². The van der Waals surface area contributed by atoms with E-state index >= 15 is 0 Å². The highest BCUT2D eigenvalue weighted by Gasteiger charge is 2.20. The second-order valence-electron chi connectivity index (χ2n) is 7.47. The van der Waals surface area contributed by atoms with Crippen LogP contribution in [0.15, 0.2) is 0 Å². The summed E-state index contributed by atoms with van der Waals surface area (Å²) in [5, 5.41) is 3.86. The zero-order valence-corrected chi connectivity index (χ0v) is 15.1. The predicted molar refractivity (Wildman–Crippen MR) is 92.4 cm³/mol. The molecule has 0 atom stereocenters. The monoisotopic (exact) mass is 284 g/mol. The van der Waals surface area contributed by atoms with E-state index in [1.54, 1.807) is 0 Å². The quantitative estimate of drug-likeness (QED) is 0.493. The van der Waals surface area contributed by atoms with Crippen molar-refractivity contribution in [3.8, 4) is 0 Å². The first-order chi connectivity index (χ1) is 9.41. The van der Waals surface area contributed by atoms with Gasteiger partial charge in [0.05, 0.1) is 0 Å². The summed E-state index contributed by atoms with van der Waals surface area (Å²) in [6, 6.07) is 0.731. The van der Waals surface area contributed by atoms with Crippen LogP contribution in [0.3, 0.4) is 0 Å². The average molecular weight is 285 g/mol. The molecule has 1 N–H and O–H groups in total. The van der Waals surface area contributed by atoms with E-state index in [0.29, 0.717) is 5.41 Å². The highest BCUT2D eigenvalue weighted by molar-refractivity contribution is 4.77. The summed E-state index contributed by atoms with van der Waals surface area (Å²) in [4.78, 5) is 2.30. The van der Waals surface area contributed by atoms with Gasteiger partial charge >= 0.3 is 0 Å². The number of unbranched alkanes of at least 4 members (excludes halogenated alkanes) is 4. The van der Waals surface area contributed by atoms with Crippen molar-refractivity contribution in [2.75, 3.05) is 27.2 Å². The fourth-order valence-corrected chi connectivity index (χ4v) is 2.96. The molecule has 0 aliphatic rings. The van der Waals surface area contributed by atoms with Gasteiger partial charge in [-0.25, -0.2) is 0 Å². The van der Waals surface area contributed by atoms with Crippen LogP contribution < -0.4 is 5.32 Å². The molecule has 0 bridgehead atoms. The lowest BCUT2D eigenvalue weighted by Gasteiger charge is -2.31. The van der Waals surface area contributed by atoms with E-state index in [-0.39, 0.29) is 0 Å². The Balaban J connectivity index is 4.10. The normalized spacial score (nSPS) is 12.6. The molecule has 0 aromatic heterocycles. The third-order valence-electron chi connectivity index (χ3n) is 3.93. The summed E-state index contributed by atoms with van der Waals surface area (Å²) in [5.74, 6) is 0. The highest BCUT2D eigenvalue weighted by Crippen LogP contribution is 2.17. The van der Waals surface area contributed by atoms with Crippen LogP contribution in [0.5, 0.6) is 0 Å². The fourth-order valence-electron chi connectivity index (χ4n) is 2.96. The Kier molecular flexibility index (Phi) is 11.5. The maximum absolute atomic E-state index is 3.86. The maximum atomic E-state index is 3.86. The molecule has 0 saturated carbocycles. The lowest BCUT2D eigenvalue weighted by molar-refractivity contribution is 0.220. The van der Waals surface area contributed by atoms with E-state index in [1.807, 2.05) is 0 Å². The summed E-state index contributed by atoms with van der Waals surface area (Å²) in [6.07, 6.45) is 10.9. The van der Waals surface area contributed by atoms with Gasteiger partial charge in [0, 0.05) is 19.1 Å². The second kappa shape index (κ2) is 11.6. The number of rotatable bonds is 13. The molecule has 0 unspecified atom stereocenters. The summed E-state index contributed by atoms with van der Waals surface area (Å²) in [7, 11) is 4.34. The van der Waals surface area contributed by atoms with Crippen molar-refractivity contribution in [1.29, 1.82) is 0 Å². The Morgan fingerprint density at radius 1 is 0.900 bits per heavy atom. The van der Waals surface area contributed by atoms with Gasteiger partial charge in [0.2, 0.25) is 0 Å². The summed E-state index contributed by atoms with van der Waals surface area (Å²) >= 11 is 0. The van der Waals surface area contributed by atoms with Crippen molar-refractivity contribution >= 4 is 0 Å². The van der Waals surface area contributed by atoms with Crippen molar-refractivity contribution < 1.29 is 0 Å². The van der Waals surface area contributed by atoms with Crippen LogP contribution in [0.1, 0.15) is 79.1 Å². The molecular weight excluding hydrogens is 244 g/mol. The molecule has 2 nitrogen and oxygen atoms in total. The number of hydrogen-bond donors (Lipinski definition) is 1. The van der Waals surface area contributed by atoms with Gasteiger partial charge in [0.25, 0.3) is 0 Å². The number of nitrogens with one attached hydrogen (secondary N) is 1. The molecule has 0 amide bonds. The van der Waals surface area contributed by atoms with Gasteiger partial charge in [0.1, 0.15) is 0 Å². The Bertz CT molecular complexity index is 201. The summed E-state index contributed by atoms with van der Waals surface area (Å²) in [5.41, 5.74) is 0.358. The molecule has 0 spiro atoms. The van der Waals surface area contributed by atoms with E-state index in [2.05, 4.69) is 52.0 Å². The average Bonchev–Trinajstić information content (AvgIpc) is 2.34. The van der Waals surface area contributed by atoms with Crippen LogP contribution in [-0.2, 0) is 0 Å². The lowest BCUT2D eigenvalue weighted by atomic mass is 9.91. The molecule has 0 rings (SSSR count). The first kappa shape index (κ1) is 19.9. The second-order valence-corrected chi connectivity index (χ2v) is 7.47. The molecule has 0 aliphatic carbocycles. The minimum absolute atomic E-state index is 0.358. The highest BCUT2D eigenvalue weighted by atomic mass is 15.1. The molecule has 0 aromatic carbocycles. The van der Waals surface area contributed by atoms with E-state index in [4.69, 9.17) is 0 Å². The molecule has 0 heterocycles. The van der Waals surface area contributed by atoms with Crippen molar-refractivity contribution in [2.45, 2.75) is 85.1 Å². The summed E-state index contributed by atoms with van der Waals surface area (Å²) < 4.78 is 0. The third-order valence-corrected chi connectivity index (χ3v) is 3.93. The van der Waals surface area contributed by atoms with Crippen molar-refractivity contribution in [1.82, 2.24) is 10.2 Å². The van der Waals surface area contributed by atoms with Gasteiger partial charge in [-0.3, -0.25) is 0 Å². The van der Waals surface area contributed by atoms with E-state index in [1.165, 1.54) is 51.4 Å². The van der Waals surface area contributed by atoms with Crippen molar-refractivity contribution in [3.63, 3.8) is 0 Å². The number of nitrogens with zero attached hydrogens (tertiary/aromatic N) is 1. The molecule has 122 valence electrons. The Hall–Kier alpha value is -0.0800. The van der Waals surface area contributed by atoms with Gasteiger partial charge in [-0.2, -0.15) is 0 Å². The molecule has 2 heteroatoms. The first-order valence-electron chi connectivity index (χ1n) is 8.79. The fraction of sp³-hybridized carbons (Fsp3) is 1.00. The van der Waals surface area contributed by atoms with Crippen LogP contribution in [0, 0.1) is 5.41 Å². The van der Waals surface area contributed by atoms with Crippen molar-refractivity contribution in [3.05, 3.63) is 0 Å². The largest absolute Gasteiger partial charge is 0.313 e. The van der Waals surface area contributed by atoms with Gasteiger partial charge in [-0.1, -0.05) is 66.2 Å². The zero-order chi connectivity index (χ0) is 15.4. The van der Waals surface area contributed by atoms with Crippen LogP contribution >= 0.6 is 0 Å². The molecule has 0 saturated heterocycles. The van der Waals surface area contributed by atoms with Gasteiger partial charge in [-0.05, 0) is 32.4 Å². The molecule has 0 aliphatic heterocycles. The Labute approximate surface area is 128 Å². The van der Waals surface area contributed by atoms with E-state index in [9.17, 15) is 0 Å². The molecule has 0 aromatic rings. The van der Waals surface area contributed by atoms with E-state index < -0.39 is 0 Å². The van der Waals surface area contributed by atoms with Crippen LogP contribution in [-0.4, -0.2) is 38.1 Å². The SMILES string of the molecule is CCCCCC(CCCCC)NCC(C)(C)CN(C)C. The Morgan fingerprint density at radius 2 is 1.40 bits per heavy atom. The predicted octanol–water partition coefficient (Wildman–Crippen LogP) is 4.69. The molecule has 20 heavy (non-hydrogen) atoms. The van der Waals surface area contributed by atoms with Crippen molar-refractivity contribution in [2.24, 2.45) is 5.41 Å². The zero-order valence-electron chi connectivity index (χ0n) is 15.1. The number of hydrogen-bond acceptors (Lipinski definition) is 2. The third kappa shape index (κ3) is 11.7. The summed E-state index contributed by atoms with van der Waals surface area (Å²) in [6.45, 7) is 11.6. The molecular formula is C18H40N2. The minimum atomic E-state index is 0.358. The smallest absolute Gasteiger partial charge is 0.00673 e. The maximum Gasteiger partial charge on any atom is 0.00673 e. The van der Waals surface area contributed by atoms with Gasteiger partial charge in [0.15, 0.2) is 0 Å². The lowest BCUT2D eigenvalue weighted by Crippen LogP contribution is -2.41. The topological polar surface area (TPSA) is 15.3 Å². The minimum Gasteiger partial charge on any atom is -0.313 e. The molecule has 0 fully saturated rings.